The van der Waals surface area contributed by atoms with Crippen molar-refractivity contribution in [1.82, 2.24) is 4.72 Å². The third-order valence-electron chi connectivity index (χ3n) is 3.25. The van der Waals surface area contributed by atoms with E-state index >= 15 is 0 Å². The van der Waals surface area contributed by atoms with Crippen LogP contribution in [0.1, 0.15) is 44.6 Å². The molecule has 0 aliphatic carbocycles. The summed E-state index contributed by atoms with van der Waals surface area (Å²) >= 11 is 0. The molecule has 128 valence electrons. The highest BCUT2D eigenvalue weighted by molar-refractivity contribution is 7.90. The van der Waals surface area contributed by atoms with E-state index in [9.17, 15) is 13.2 Å². The Balaban J connectivity index is 2.33. The highest BCUT2D eigenvalue weighted by Gasteiger charge is 2.17. The quantitative estimate of drug-likeness (QED) is 0.546. The lowest BCUT2D eigenvalue weighted by molar-refractivity contribution is 0.165. The Kier molecular flexibility index (Phi) is 8.40. The third-order valence-corrected chi connectivity index (χ3v) is 4.58. The lowest BCUT2D eigenvalue weighted by atomic mass is 10.1. The van der Waals surface area contributed by atoms with Gasteiger partial charge in [0.2, 0.25) is 0 Å². The van der Waals surface area contributed by atoms with E-state index < -0.39 is 16.1 Å². The number of nitrogens with one attached hydrogen (secondary N) is 1. The zero-order valence-corrected chi connectivity index (χ0v) is 14.6. The Hall–Kier alpha value is -1.82. The summed E-state index contributed by atoms with van der Waals surface area (Å²) in [6.45, 7) is 4.07. The van der Waals surface area contributed by atoms with Crippen LogP contribution < -0.4 is 4.72 Å². The summed E-state index contributed by atoms with van der Waals surface area (Å²) < 4.78 is 30.6. The number of sulfonamides is 1. The van der Waals surface area contributed by atoms with Gasteiger partial charge in [0.15, 0.2) is 0 Å². The smallest absolute Gasteiger partial charge is 0.421 e. The number of carbonyl (C=O) groups excluding carboxylic acids is 1. The summed E-state index contributed by atoms with van der Waals surface area (Å²) in [7, 11) is -3.88. The van der Waals surface area contributed by atoms with Gasteiger partial charge in [0.25, 0.3) is 10.0 Å². The Morgan fingerprint density at radius 2 is 1.83 bits per heavy atom. The second-order valence-electron chi connectivity index (χ2n) is 5.34. The first kappa shape index (κ1) is 19.2. The average molecular weight is 339 g/mol. The second kappa shape index (κ2) is 10.0. The average Bonchev–Trinajstić information content (AvgIpc) is 2.50. The number of carbonyl (C=O) groups is 1. The van der Waals surface area contributed by atoms with Crippen molar-refractivity contribution >= 4 is 16.1 Å². The van der Waals surface area contributed by atoms with E-state index in [-0.39, 0.29) is 11.5 Å². The first-order valence-corrected chi connectivity index (χ1v) is 9.35. The Morgan fingerprint density at radius 1 is 1.13 bits per heavy atom. The van der Waals surface area contributed by atoms with Crippen molar-refractivity contribution in [3.63, 3.8) is 0 Å². The molecular formula is C17H25NO4S. The normalized spacial score (nSPS) is 11.6. The number of allylic oxidation sites excluding steroid dienone is 1. The van der Waals surface area contributed by atoms with Gasteiger partial charge < -0.3 is 4.74 Å². The van der Waals surface area contributed by atoms with E-state index in [4.69, 9.17) is 4.74 Å². The zero-order valence-electron chi connectivity index (χ0n) is 13.7. The minimum atomic E-state index is -3.88. The first-order chi connectivity index (χ1) is 11.0. The van der Waals surface area contributed by atoms with Gasteiger partial charge in [-0.05, 0) is 31.9 Å². The van der Waals surface area contributed by atoms with Crippen LogP contribution in [0.15, 0.2) is 41.3 Å². The van der Waals surface area contributed by atoms with Gasteiger partial charge in [0.1, 0.15) is 6.61 Å². The van der Waals surface area contributed by atoms with Crippen molar-refractivity contribution in [2.24, 2.45) is 0 Å². The third kappa shape index (κ3) is 7.83. The van der Waals surface area contributed by atoms with Gasteiger partial charge in [-0.2, -0.15) is 0 Å². The second-order valence-corrected chi connectivity index (χ2v) is 7.02. The summed E-state index contributed by atoms with van der Waals surface area (Å²) in [6.07, 6.45) is 8.36. The monoisotopic (exact) mass is 339 g/mol. The standard InChI is InChI=1S/C17H25NO4S/c1-3-4-5-6-7-8-9-14-22-17(19)18-23(20,21)16-12-10-15(2)11-13-16/h8-13H,3-7,14H2,1-2H3,(H,18,19)/b9-8-. The van der Waals surface area contributed by atoms with E-state index in [1.807, 2.05) is 17.7 Å². The van der Waals surface area contributed by atoms with E-state index in [2.05, 4.69) is 6.92 Å². The number of rotatable bonds is 9. The van der Waals surface area contributed by atoms with Crippen molar-refractivity contribution in [3.8, 4) is 0 Å². The first-order valence-electron chi connectivity index (χ1n) is 7.87. The fraction of sp³-hybridized carbons (Fsp3) is 0.471. The molecule has 0 fully saturated rings. The predicted molar refractivity (Wildman–Crippen MR) is 90.7 cm³/mol. The maximum Gasteiger partial charge on any atom is 0.421 e. The molecule has 0 unspecified atom stereocenters. The molecule has 0 radical (unpaired) electrons. The Labute approximate surface area is 138 Å². The molecule has 0 aromatic heterocycles. The maximum absolute atomic E-state index is 12.0. The van der Waals surface area contributed by atoms with Crippen LogP contribution in [0.5, 0.6) is 0 Å². The molecule has 0 saturated carbocycles. The lowest BCUT2D eigenvalue weighted by Gasteiger charge is -2.07. The van der Waals surface area contributed by atoms with Gasteiger partial charge in [0.05, 0.1) is 4.90 Å². The summed E-state index contributed by atoms with van der Waals surface area (Å²) in [5.74, 6) is 0. The topological polar surface area (TPSA) is 72.5 Å². The molecule has 6 heteroatoms. The predicted octanol–water partition coefficient (Wildman–Crippen LogP) is 3.94. The number of hydrogen-bond donors (Lipinski definition) is 1. The molecule has 0 heterocycles. The van der Waals surface area contributed by atoms with E-state index in [0.717, 1.165) is 18.4 Å². The summed E-state index contributed by atoms with van der Waals surface area (Å²) in [4.78, 5) is 11.6. The molecule has 0 spiro atoms. The van der Waals surface area contributed by atoms with Crippen LogP contribution in [0, 0.1) is 6.92 Å². The Bertz CT molecular complexity index is 606. The van der Waals surface area contributed by atoms with Gasteiger partial charge in [-0.15, -0.1) is 0 Å². The number of benzene rings is 1. The van der Waals surface area contributed by atoms with Crippen LogP contribution in [-0.2, 0) is 14.8 Å². The van der Waals surface area contributed by atoms with Crippen molar-refractivity contribution in [2.75, 3.05) is 6.61 Å². The molecule has 0 bridgehead atoms. The van der Waals surface area contributed by atoms with Crippen LogP contribution in [0.25, 0.3) is 0 Å². The molecule has 0 atom stereocenters. The fourth-order valence-electron chi connectivity index (χ4n) is 1.91. The number of amides is 1. The molecule has 0 saturated heterocycles. The van der Waals surface area contributed by atoms with E-state index in [1.54, 1.807) is 18.2 Å². The molecule has 1 aromatic rings. The molecule has 1 N–H and O–H groups in total. The van der Waals surface area contributed by atoms with E-state index in [0.29, 0.717) is 0 Å². The van der Waals surface area contributed by atoms with Gasteiger partial charge >= 0.3 is 6.09 Å². The highest BCUT2D eigenvalue weighted by atomic mass is 32.2. The molecule has 1 aromatic carbocycles. The highest BCUT2D eigenvalue weighted by Crippen LogP contribution is 2.09. The van der Waals surface area contributed by atoms with Gasteiger partial charge in [0, 0.05) is 0 Å². The molecule has 0 aliphatic heterocycles. The number of ether oxygens (including phenoxy) is 1. The van der Waals surface area contributed by atoms with Crippen LogP contribution in [-0.4, -0.2) is 21.1 Å². The number of aryl methyl sites for hydroxylation is 1. The summed E-state index contributed by atoms with van der Waals surface area (Å²) in [5.41, 5.74) is 0.940. The summed E-state index contributed by atoms with van der Waals surface area (Å²) in [6, 6.07) is 6.23. The zero-order chi connectivity index (χ0) is 17.1. The molecule has 0 aliphatic rings. The van der Waals surface area contributed by atoms with E-state index in [1.165, 1.54) is 31.4 Å². The van der Waals surface area contributed by atoms with Crippen LogP contribution in [0.3, 0.4) is 0 Å². The van der Waals surface area contributed by atoms with Crippen LogP contribution >= 0.6 is 0 Å². The van der Waals surface area contributed by atoms with Gasteiger partial charge in [-0.1, -0.05) is 56.0 Å². The van der Waals surface area contributed by atoms with Crippen molar-refractivity contribution in [3.05, 3.63) is 42.0 Å². The van der Waals surface area contributed by atoms with Gasteiger partial charge in [-0.25, -0.2) is 17.9 Å². The Morgan fingerprint density at radius 3 is 2.48 bits per heavy atom. The molecule has 1 amide bonds. The molecule has 23 heavy (non-hydrogen) atoms. The largest absolute Gasteiger partial charge is 0.445 e. The SMILES string of the molecule is CCCCCC/C=C\COC(=O)NS(=O)(=O)c1ccc(C)cc1. The number of unbranched alkanes of at least 4 members (excludes halogenated alkanes) is 4. The van der Waals surface area contributed by atoms with Crippen LogP contribution in [0.2, 0.25) is 0 Å². The molecule has 5 nitrogen and oxygen atoms in total. The van der Waals surface area contributed by atoms with Crippen molar-refractivity contribution in [2.45, 2.75) is 50.8 Å². The van der Waals surface area contributed by atoms with Crippen molar-refractivity contribution in [1.29, 1.82) is 0 Å². The lowest BCUT2D eigenvalue weighted by Crippen LogP contribution is -2.31. The summed E-state index contributed by atoms with van der Waals surface area (Å²) in [5, 5.41) is 0. The maximum atomic E-state index is 12.0. The van der Waals surface area contributed by atoms with Gasteiger partial charge in [-0.3, -0.25) is 0 Å². The molecular weight excluding hydrogens is 314 g/mol. The minimum absolute atomic E-state index is 0.0338. The minimum Gasteiger partial charge on any atom is -0.445 e. The molecule has 1 rings (SSSR count). The van der Waals surface area contributed by atoms with Crippen LogP contribution in [0.4, 0.5) is 4.79 Å². The fourth-order valence-corrected chi connectivity index (χ4v) is 2.80. The van der Waals surface area contributed by atoms with Crippen molar-refractivity contribution < 1.29 is 17.9 Å². The number of hydrogen-bond acceptors (Lipinski definition) is 4.